The molecule has 102 valence electrons. The molecule has 1 saturated carbocycles. The monoisotopic (exact) mass is 258 g/mol. The van der Waals surface area contributed by atoms with Gasteiger partial charge in [0.1, 0.15) is 11.8 Å². The molecule has 0 unspecified atom stereocenters. The van der Waals surface area contributed by atoms with Crippen molar-refractivity contribution in [3.8, 4) is 11.8 Å². The summed E-state index contributed by atoms with van der Waals surface area (Å²) in [6.07, 6.45) is 6.98. The molecular weight excluding hydrogens is 236 g/mol. The molecule has 3 nitrogen and oxygen atoms in total. The third-order valence-electron chi connectivity index (χ3n) is 3.71. The van der Waals surface area contributed by atoms with E-state index in [9.17, 15) is 0 Å². The zero-order valence-electron chi connectivity index (χ0n) is 11.4. The van der Waals surface area contributed by atoms with Crippen LogP contribution in [0.25, 0.3) is 0 Å². The summed E-state index contributed by atoms with van der Waals surface area (Å²) < 4.78 is 5.23. The summed E-state index contributed by atoms with van der Waals surface area (Å²) in [5.41, 5.74) is 1.26. The average molecular weight is 258 g/mol. The molecule has 0 heterocycles. The lowest BCUT2D eigenvalue weighted by Gasteiger charge is -2.21. The summed E-state index contributed by atoms with van der Waals surface area (Å²) in [5.74, 6) is 1.63. The van der Waals surface area contributed by atoms with Gasteiger partial charge < -0.3 is 10.1 Å². The fourth-order valence-corrected chi connectivity index (χ4v) is 2.63. The Morgan fingerprint density at radius 3 is 2.58 bits per heavy atom. The van der Waals surface area contributed by atoms with Crippen LogP contribution >= 0.6 is 0 Å². The molecule has 19 heavy (non-hydrogen) atoms. The second kappa shape index (κ2) is 7.81. The first-order chi connectivity index (χ1) is 9.38. The van der Waals surface area contributed by atoms with E-state index in [0.29, 0.717) is 0 Å². The van der Waals surface area contributed by atoms with Crippen molar-refractivity contribution in [3.05, 3.63) is 29.8 Å². The largest absolute Gasteiger partial charge is 0.479 e. The Labute approximate surface area is 115 Å². The average Bonchev–Trinajstić information content (AvgIpc) is 2.47. The molecule has 0 aliphatic heterocycles. The van der Waals surface area contributed by atoms with Crippen LogP contribution in [0.2, 0.25) is 0 Å². The van der Waals surface area contributed by atoms with Gasteiger partial charge in [-0.1, -0.05) is 31.4 Å². The Bertz CT molecular complexity index is 402. The fraction of sp³-hybridized carbons (Fsp3) is 0.562. The van der Waals surface area contributed by atoms with Gasteiger partial charge in [-0.2, -0.15) is 5.26 Å². The zero-order valence-corrected chi connectivity index (χ0v) is 11.4. The summed E-state index contributed by atoms with van der Waals surface area (Å²) >= 11 is 0. The number of ether oxygens (including phenoxy) is 1. The highest BCUT2D eigenvalue weighted by molar-refractivity contribution is 5.27. The minimum absolute atomic E-state index is 0.110. The second-order valence-corrected chi connectivity index (χ2v) is 5.23. The van der Waals surface area contributed by atoms with E-state index in [1.54, 1.807) is 0 Å². The molecule has 0 radical (unpaired) electrons. The molecule has 1 aliphatic carbocycles. The second-order valence-electron chi connectivity index (χ2n) is 5.23. The smallest absolute Gasteiger partial charge is 0.174 e. The number of hydrogen-bond acceptors (Lipinski definition) is 3. The van der Waals surface area contributed by atoms with Crippen LogP contribution in [0.1, 0.15) is 37.7 Å². The number of nitriles is 1. The van der Waals surface area contributed by atoms with Crippen molar-refractivity contribution in [2.75, 3.05) is 13.2 Å². The van der Waals surface area contributed by atoms with Gasteiger partial charge in [0.05, 0.1) is 0 Å². The van der Waals surface area contributed by atoms with Gasteiger partial charge in [0.25, 0.3) is 0 Å². The molecule has 1 aromatic rings. The van der Waals surface area contributed by atoms with Gasteiger partial charge in [-0.25, -0.2) is 0 Å². The summed E-state index contributed by atoms with van der Waals surface area (Å²) in [7, 11) is 0. The van der Waals surface area contributed by atoms with Gasteiger partial charge in [-0.15, -0.1) is 0 Å². The van der Waals surface area contributed by atoms with E-state index in [1.165, 1.54) is 37.7 Å². The number of nitrogens with one attached hydrogen (secondary N) is 1. The van der Waals surface area contributed by atoms with Gasteiger partial charge in [-0.05, 0) is 43.0 Å². The van der Waals surface area contributed by atoms with E-state index in [1.807, 2.05) is 18.2 Å². The lowest BCUT2D eigenvalue weighted by Crippen LogP contribution is -2.24. The highest BCUT2D eigenvalue weighted by atomic mass is 16.5. The van der Waals surface area contributed by atoms with Crippen molar-refractivity contribution in [2.45, 2.75) is 38.6 Å². The lowest BCUT2D eigenvalue weighted by molar-refractivity contribution is 0.342. The maximum Gasteiger partial charge on any atom is 0.174 e. The molecule has 0 spiro atoms. The fourth-order valence-electron chi connectivity index (χ4n) is 2.63. The summed E-state index contributed by atoms with van der Waals surface area (Å²) in [4.78, 5) is 0. The number of benzene rings is 1. The lowest BCUT2D eigenvalue weighted by atomic mass is 9.89. The minimum Gasteiger partial charge on any atom is -0.479 e. The van der Waals surface area contributed by atoms with E-state index >= 15 is 0 Å². The summed E-state index contributed by atoms with van der Waals surface area (Å²) in [5, 5.41) is 12.0. The summed E-state index contributed by atoms with van der Waals surface area (Å²) in [6.45, 7) is 2.15. The topological polar surface area (TPSA) is 45.0 Å². The molecule has 0 bridgehead atoms. The first kappa shape index (κ1) is 13.9. The predicted molar refractivity (Wildman–Crippen MR) is 75.8 cm³/mol. The van der Waals surface area contributed by atoms with Crippen LogP contribution in [-0.2, 0) is 6.54 Å². The van der Waals surface area contributed by atoms with Crippen molar-refractivity contribution >= 4 is 0 Å². The van der Waals surface area contributed by atoms with Crippen LogP contribution < -0.4 is 10.1 Å². The van der Waals surface area contributed by atoms with Crippen LogP contribution in [0.5, 0.6) is 5.75 Å². The van der Waals surface area contributed by atoms with E-state index in [4.69, 9.17) is 10.00 Å². The molecule has 0 saturated heterocycles. The highest BCUT2D eigenvalue weighted by Crippen LogP contribution is 2.22. The maximum absolute atomic E-state index is 8.44. The number of nitrogens with zero attached hydrogens (tertiary/aromatic N) is 1. The van der Waals surface area contributed by atoms with Gasteiger partial charge >= 0.3 is 0 Å². The third kappa shape index (κ3) is 4.92. The third-order valence-corrected chi connectivity index (χ3v) is 3.71. The Hall–Kier alpha value is -1.53. The van der Waals surface area contributed by atoms with Gasteiger partial charge in [0, 0.05) is 6.54 Å². The standard InChI is InChI=1S/C16H22N2O/c17-10-11-19-16-8-6-15(7-9-16)13-18-12-14-4-2-1-3-5-14/h6-9,14,18H,1-5,11-13H2. The highest BCUT2D eigenvalue weighted by Gasteiger charge is 2.12. The SMILES string of the molecule is N#CCOc1ccc(CNCC2CCCCC2)cc1. The van der Waals surface area contributed by atoms with E-state index in [2.05, 4.69) is 17.4 Å². The molecule has 1 N–H and O–H groups in total. The Morgan fingerprint density at radius 1 is 1.16 bits per heavy atom. The van der Waals surface area contributed by atoms with E-state index in [0.717, 1.165) is 24.8 Å². The molecular formula is C16H22N2O. The molecule has 0 atom stereocenters. The van der Waals surface area contributed by atoms with Crippen molar-refractivity contribution in [3.63, 3.8) is 0 Å². The number of rotatable bonds is 6. The van der Waals surface area contributed by atoms with E-state index < -0.39 is 0 Å². The van der Waals surface area contributed by atoms with Gasteiger partial charge in [0.15, 0.2) is 6.61 Å². The molecule has 1 aromatic carbocycles. The van der Waals surface area contributed by atoms with Crippen LogP contribution in [-0.4, -0.2) is 13.2 Å². The maximum atomic E-state index is 8.44. The first-order valence-corrected chi connectivity index (χ1v) is 7.18. The van der Waals surface area contributed by atoms with Crippen molar-refractivity contribution in [1.82, 2.24) is 5.32 Å². The van der Waals surface area contributed by atoms with Crippen LogP contribution in [0.4, 0.5) is 0 Å². The quantitative estimate of drug-likeness (QED) is 0.851. The number of hydrogen-bond donors (Lipinski definition) is 1. The predicted octanol–water partition coefficient (Wildman–Crippen LogP) is 3.26. The Morgan fingerprint density at radius 2 is 1.89 bits per heavy atom. The van der Waals surface area contributed by atoms with Crippen LogP contribution in [0.15, 0.2) is 24.3 Å². The Kier molecular flexibility index (Phi) is 5.71. The normalized spacial score (nSPS) is 15.9. The van der Waals surface area contributed by atoms with Crippen molar-refractivity contribution < 1.29 is 4.74 Å². The molecule has 3 heteroatoms. The molecule has 0 aromatic heterocycles. The summed E-state index contributed by atoms with van der Waals surface area (Å²) in [6, 6.07) is 9.93. The minimum atomic E-state index is 0.110. The zero-order chi connectivity index (χ0) is 13.3. The molecule has 1 fully saturated rings. The van der Waals surface area contributed by atoms with Crippen LogP contribution in [0, 0.1) is 17.2 Å². The first-order valence-electron chi connectivity index (χ1n) is 7.18. The van der Waals surface area contributed by atoms with Crippen molar-refractivity contribution in [1.29, 1.82) is 5.26 Å². The van der Waals surface area contributed by atoms with Gasteiger partial charge in [0.2, 0.25) is 0 Å². The molecule has 0 amide bonds. The molecule has 2 rings (SSSR count). The van der Waals surface area contributed by atoms with Gasteiger partial charge in [-0.3, -0.25) is 0 Å². The van der Waals surface area contributed by atoms with Crippen molar-refractivity contribution in [2.24, 2.45) is 5.92 Å². The van der Waals surface area contributed by atoms with Crippen LogP contribution in [0.3, 0.4) is 0 Å². The van der Waals surface area contributed by atoms with E-state index in [-0.39, 0.29) is 6.61 Å². The molecule has 1 aliphatic rings. The Balaban J connectivity index is 1.69.